The molecule has 0 bridgehead atoms. The Hall–Kier alpha value is -1.89. The molecule has 7 heteroatoms. The zero-order valence-electron chi connectivity index (χ0n) is 8.51. The maximum atomic E-state index is 12.3. The van der Waals surface area contributed by atoms with E-state index in [0.717, 1.165) is 6.07 Å². The number of benzene rings is 1. The summed E-state index contributed by atoms with van der Waals surface area (Å²) in [5, 5.41) is 20.0. The van der Waals surface area contributed by atoms with Gasteiger partial charge in [-0.2, -0.15) is 0 Å². The average molecular weight is 230 g/mol. The van der Waals surface area contributed by atoms with Crippen LogP contribution in [-0.2, 0) is 0 Å². The van der Waals surface area contributed by atoms with Gasteiger partial charge in [0.15, 0.2) is 5.75 Å². The fourth-order valence-electron chi connectivity index (χ4n) is 1.21. The molecule has 6 nitrogen and oxygen atoms in total. The van der Waals surface area contributed by atoms with Gasteiger partial charge in [-0.1, -0.05) is 0 Å². The molecule has 0 spiro atoms. The van der Waals surface area contributed by atoms with Gasteiger partial charge in [0.1, 0.15) is 6.67 Å². The molecule has 3 N–H and O–H groups in total. The largest absolute Gasteiger partial charge is 0.500 e. The van der Waals surface area contributed by atoms with E-state index in [2.05, 4.69) is 0 Å². The summed E-state index contributed by atoms with van der Waals surface area (Å²) < 4.78 is 17.1. The second-order valence-corrected chi connectivity index (χ2v) is 3.11. The van der Waals surface area contributed by atoms with Gasteiger partial charge in [-0.25, -0.2) is 4.39 Å². The van der Waals surface area contributed by atoms with E-state index in [-0.39, 0.29) is 11.3 Å². The molecule has 0 heterocycles. The zero-order chi connectivity index (χ0) is 12.3. The predicted octanol–water partition coefficient (Wildman–Crippen LogP) is 1.28. The number of alkyl halides is 1. The summed E-state index contributed by atoms with van der Waals surface area (Å²) in [6.45, 7) is -0.856. The standard InChI is InChI=1S/C9H11FN2O4/c1-16-8-3-5(6(11)4-10)2-7(9(8)13)12(14)15/h2-3,6,13H,4,11H2,1H3/t6-/m1/s1. The van der Waals surface area contributed by atoms with Crippen LogP contribution in [0.2, 0.25) is 0 Å². The van der Waals surface area contributed by atoms with Crippen LogP contribution in [0.25, 0.3) is 0 Å². The number of phenolic OH excluding ortho intramolecular Hbond substituents is 1. The third-order valence-corrected chi connectivity index (χ3v) is 2.09. The van der Waals surface area contributed by atoms with Crippen LogP contribution in [0.3, 0.4) is 0 Å². The van der Waals surface area contributed by atoms with E-state index in [1.807, 2.05) is 0 Å². The number of methoxy groups -OCH3 is 1. The van der Waals surface area contributed by atoms with Crippen LogP contribution < -0.4 is 10.5 Å². The van der Waals surface area contributed by atoms with Gasteiger partial charge in [0.05, 0.1) is 18.1 Å². The topological polar surface area (TPSA) is 98.6 Å². The average Bonchev–Trinajstić information content (AvgIpc) is 2.27. The van der Waals surface area contributed by atoms with E-state index in [4.69, 9.17) is 10.5 Å². The quantitative estimate of drug-likeness (QED) is 0.599. The summed E-state index contributed by atoms with van der Waals surface area (Å²) in [6.07, 6.45) is 0. The van der Waals surface area contributed by atoms with Gasteiger partial charge in [0.2, 0.25) is 5.75 Å². The van der Waals surface area contributed by atoms with Crippen LogP contribution >= 0.6 is 0 Å². The summed E-state index contributed by atoms with van der Waals surface area (Å²) in [5.74, 6) is -0.699. The first-order valence-corrected chi connectivity index (χ1v) is 4.38. The molecule has 1 rings (SSSR count). The first-order chi connectivity index (χ1) is 7.51. The van der Waals surface area contributed by atoms with Gasteiger partial charge in [-0.15, -0.1) is 0 Å². The first-order valence-electron chi connectivity index (χ1n) is 4.38. The number of hydrogen-bond acceptors (Lipinski definition) is 5. The summed E-state index contributed by atoms with van der Waals surface area (Å²) in [7, 11) is 1.24. The number of nitrogens with zero attached hydrogens (tertiary/aromatic N) is 1. The normalized spacial score (nSPS) is 12.2. The Bertz CT molecular complexity index is 411. The number of ether oxygens (including phenoxy) is 1. The monoisotopic (exact) mass is 230 g/mol. The summed E-state index contributed by atoms with van der Waals surface area (Å²) in [5.41, 5.74) is 5.04. The van der Waals surface area contributed by atoms with Crippen molar-refractivity contribution in [3.63, 3.8) is 0 Å². The lowest BCUT2D eigenvalue weighted by Crippen LogP contribution is -2.12. The second-order valence-electron chi connectivity index (χ2n) is 3.11. The molecule has 0 aliphatic rings. The number of nitrogens with two attached hydrogens (primary N) is 1. The molecule has 0 amide bonds. The Balaban J connectivity index is 3.34. The van der Waals surface area contributed by atoms with Gasteiger partial charge in [0.25, 0.3) is 0 Å². The predicted molar refractivity (Wildman–Crippen MR) is 54.2 cm³/mol. The minimum atomic E-state index is -0.979. The molecule has 1 atom stereocenters. The van der Waals surface area contributed by atoms with Crippen molar-refractivity contribution in [2.24, 2.45) is 5.73 Å². The van der Waals surface area contributed by atoms with Crippen molar-refractivity contribution in [3.8, 4) is 11.5 Å². The first kappa shape index (κ1) is 12.2. The minimum absolute atomic E-state index is 0.104. The van der Waals surface area contributed by atoms with Gasteiger partial charge >= 0.3 is 5.69 Å². The molecule has 0 saturated carbocycles. The van der Waals surface area contributed by atoms with Crippen LogP contribution in [0.15, 0.2) is 12.1 Å². The Labute approximate surface area is 90.6 Å². The van der Waals surface area contributed by atoms with Gasteiger partial charge < -0.3 is 15.6 Å². The van der Waals surface area contributed by atoms with Gasteiger partial charge in [-0.05, 0) is 11.6 Å². The molecule has 16 heavy (non-hydrogen) atoms. The number of rotatable bonds is 4. The smallest absolute Gasteiger partial charge is 0.314 e. The number of halogens is 1. The highest BCUT2D eigenvalue weighted by molar-refractivity contribution is 5.57. The molecule has 1 aromatic rings. The van der Waals surface area contributed by atoms with E-state index >= 15 is 0 Å². The van der Waals surface area contributed by atoms with Crippen molar-refractivity contribution in [3.05, 3.63) is 27.8 Å². The van der Waals surface area contributed by atoms with Crippen LogP contribution in [0, 0.1) is 10.1 Å². The van der Waals surface area contributed by atoms with Crippen LogP contribution in [0.1, 0.15) is 11.6 Å². The maximum Gasteiger partial charge on any atom is 0.314 e. The lowest BCUT2D eigenvalue weighted by atomic mass is 10.1. The Morgan fingerprint density at radius 1 is 1.69 bits per heavy atom. The van der Waals surface area contributed by atoms with Crippen molar-refractivity contribution in [2.75, 3.05) is 13.8 Å². The van der Waals surface area contributed by atoms with Crippen LogP contribution in [-0.4, -0.2) is 23.8 Å². The Morgan fingerprint density at radius 3 is 2.75 bits per heavy atom. The highest BCUT2D eigenvalue weighted by Crippen LogP contribution is 2.38. The number of phenols is 1. The molecule has 0 aliphatic heterocycles. The van der Waals surface area contributed by atoms with E-state index in [9.17, 15) is 19.6 Å². The van der Waals surface area contributed by atoms with Crippen molar-refractivity contribution >= 4 is 5.69 Å². The molecule has 0 radical (unpaired) electrons. The van der Waals surface area contributed by atoms with E-state index in [0.29, 0.717) is 0 Å². The second kappa shape index (κ2) is 4.75. The summed E-state index contributed by atoms with van der Waals surface area (Å²) in [6, 6.07) is 1.32. The molecular weight excluding hydrogens is 219 g/mol. The maximum absolute atomic E-state index is 12.3. The van der Waals surface area contributed by atoms with Gasteiger partial charge in [0, 0.05) is 6.07 Å². The highest BCUT2D eigenvalue weighted by Gasteiger charge is 2.21. The lowest BCUT2D eigenvalue weighted by Gasteiger charge is -2.10. The lowest BCUT2D eigenvalue weighted by molar-refractivity contribution is -0.386. The number of nitro benzene ring substituents is 1. The Kier molecular flexibility index (Phi) is 3.62. The number of hydrogen-bond donors (Lipinski definition) is 2. The number of nitro groups is 1. The van der Waals surface area contributed by atoms with E-state index in [1.54, 1.807) is 0 Å². The molecule has 0 aliphatic carbocycles. The number of aromatic hydroxyl groups is 1. The van der Waals surface area contributed by atoms with Crippen molar-refractivity contribution in [1.82, 2.24) is 0 Å². The summed E-state index contributed by atoms with van der Waals surface area (Å²) >= 11 is 0. The highest BCUT2D eigenvalue weighted by atomic mass is 19.1. The van der Waals surface area contributed by atoms with Crippen LogP contribution in [0.5, 0.6) is 11.5 Å². The molecule has 1 aromatic carbocycles. The molecule has 0 fully saturated rings. The van der Waals surface area contributed by atoms with Crippen molar-refractivity contribution in [1.29, 1.82) is 0 Å². The van der Waals surface area contributed by atoms with E-state index < -0.39 is 29.1 Å². The molecule has 0 aromatic heterocycles. The minimum Gasteiger partial charge on any atom is -0.500 e. The van der Waals surface area contributed by atoms with Crippen LogP contribution in [0.4, 0.5) is 10.1 Å². The summed E-state index contributed by atoms with van der Waals surface area (Å²) in [4.78, 5) is 9.82. The van der Waals surface area contributed by atoms with Gasteiger partial charge in [-0.3, -0.25) is 10.1 Å². The third-order valence-electron chi connectivity index (χ3n) is 2.09. The SMILES string of the molecule is COc1cc([C@H](N)CF)cc([N+](=O)[O-])c1O. The third kappa shape index (κ3) is 2.19. The molecule has 0 unspecified atom stereocenters. The fourth-order valence-corrected chi connectivity index (χ4v) is 1.21. The van der Waals surface area contributed by atoms with Crippen molar-refractivity contribution in [2.45, 2.75) is 6.04 Å². The molecule has 0 saturated heterocycles. The molecular formula is C9H11FN2O4. The fraction of sp³-hybridized carbons (Fsp3) is 0.333. The Morgan fingerprint density at radius 2 is 2.31 bits per heavy atom. The zero-order valence-corrected chi connectivity index (χ0v) is 8.51. The van der Waals surface area contributed by atoms with E-state index in [1.165, 1.54) is 13.2 Å². The van der Waals surface area contributed by atoms with Crippen molar-refractivity contribution < 1.29 is 19.2 Å². The molecule has 88 valence electrons.